The lowest BCUT2D eigenvalue weighted by atomic mass is 10.3. The molecule has 28 heavy (non-hydrogen) atoms. The molecule has 0 aliphatic heterocycles. The van der Waals surface area contributed by atoms with E-state index >= 15 is 0 Å². The zero-order valence-corrected chi connectivity index (χ0v) is 16.4. The van der Waals surface area contributed by atoms with E-state index in [4.69, 9.17) is 9.47 Å². The van der Waals surface area contributed by atoms with Crippen LogP contribution in [0.1, 0.15) is 13.8 Å². The summed E-state index contributed by atoms with van der Waals surface area (Å²) in [5, 5.41) is 9.03. The van der Waals surface area contributed by atoms with Crippen LogP contribution in [-0.2, 0) is 4.79 Å². The normalized spacial score (nSPS) is 12.0. The Labute approximate surface area is 165 Å². The number of anilines is 1. The number of amides is 1. The molecule has 0 saturated heterocycles. The second kappa shape index (κ2) is 11.4. The average Bonchev–Trinajstić information content (AvgIpc) is 2.71. The second-order valence-corrected chi connectivity index (χ2v) is 5.95. The van der Waals surface area contributed by atoms with E-state index in [0.717, 1.165) is 0 Å². The summed E-state index contributed by atoms with van der Waals surface area (Å²) in [6, 6.07) is 11.0. The van der Waals surface area contributed by atoms with E-state index in [-0.39, 0.29) is 18.6 Å². The number of ether oxygens (including phenoxy) is 2. The number of nitrogens with zero attached hydrogens (tertiary/aromatic N) is 2. The number of nitrogens with one attached hydrogen (secondary N) is 3. The Kier molecular flexibility index (Phi) is 8.58. The lowest BCUT2D eigenvalue weighted by Crippen LogP contribution is -2.42. The molecule has 1 aromatic heterocycles. The van der Waals surface area contributed by atoms with Crippen molar-refractivity contribution in [2.24, 2.45) is 4.99 Å². The summed E-state index contributed by atoms with van der Waals surface area (Å²) in [5.74, 6) is 1.68. The maximum atomic E-state index is 12.0. The summed E-state index contributed by atoms with van der Waals surface area (Å²) >= 11 is 0. The molecular weight excluding hydrogens is 358 g/mol. The van der Waals surface area contributed by atoms with Crippen LogP contribution in [0.25, 0.3) is 0 Å². The van der Waals surface area contributed by atoms with Gasteiger partial charge < -0.3 is 25.4 Å². The monoisotopic (exact) mass is 385 g/mol. The maximum absolute atomic E-state index is 12.0. The largest absolute Gasteiger partial charge is 0.493 e. The molecule has 2 rings (SSSR count). The van der Waals surface area contributed by atoms with Gasteiger partial charge in [0.25, 0.3) is 0 Å². The number of guanidine groups is 1. The first-order valence-corrected chi connectivity index (χ1v) is 9.14. The van der Waals surface area contributed by atoms with E-state index in [9.17, 15) is 4.79 Å². The molecule has 0 fully saturated rings. The molecule has 1 aromatic carbocycles. The molecule has 1 unspecified atom stereocenters. The number of pyridine rings is 1. The third-order valence-electron chi connectivity index (χ3n) is 3.62. The van der Waals surface area contributed by atoms with E-state index in [1.807, 2.05) is 38.1 Å². The van der Waals surface area contributed by atoms with Crippen LogP contribution in [-0.4, -0.2) is 49.7 Å². The molecule has 1 amide bonds. The van der Waals surface area contributed by atoms with Crippen LogP contribution in [0.3, 0.4) is 0 Å². The van der Waals surface area contributed by atoms with Gasteiger partial charge in [-0.05, 0) is 38.1 Å². The highest BCUT2D eigenvalue weighted by Crippen LogP contribution is 2.26. The minimum absolute atomic E-state index is 0.00796. The van der Waals surface area contributed by atoms with Crippen molar-refractivity contribution in [3.8, 4) is 11.5 Å². The minimum Gasteiger partial charge on any atom is -0.493 e. The van der Waals surface area contributed by atoms with Crippen molar-refractivity contribution >= 4 is 17.6 Å². The Hall–Kier alpha value is -3.29. The van der Waals surface area contributed by atoms with Gasteiger partial charge in [-0.2, -0.15) is 0 Å². The highest BCUT2D eigenvalue weighted by Gasteiger charge is 2.10. The molecule has 3 N–H and O–H groups in total. The zero-order chi connectivity index (χ0) is 20.2. The summed E-state index contributed by atoms with van der Waals surface area (Å²) in [5.41, 5.74) is 0.638. The van der Waals surface area contributed by atoms with E-state index in [2.05, 4.69) is 25.9 Å². The molecule has 1 atom stereocenters. The molecule has 0 aliphatic rings. The molecule has 0 bridgehead atoms. The van der Waals surface area contributed by atoms with Crippen LogP contribution in [0, 0.1) is 0 Å². The van der Waals surface area contributed by atoms with Crippen LogP contribution in [0.4, 0.5) is 5.69 Å². The number of methoxy groups -OCH3 is 1. The Morgan fingerprint density at radius 3 is 2.64 bits per heavy atom. The molecule has 2 aromatic rings. The van der Waals surface area contributed by atoms with Gasteiger partial charge in [0.2, 0.25) is 5.91 Å². The summed E-state index contributed by atoms with van der Waals surface area (Å²) in [6.07, 6.45) is 3.10. The first kappa shape index (κ1) is 21.0. The molecular formula is C20H27N5O3. The Balaban J connectivity index is 1.85. The topological polar surface area (TPSA) is 96.9 Å². The van der Waals surface area contributed by atoms with Gasteiger partial charge in [-0.15, -0.1) is 0 Å². The SMILES string of the molecule is CCNC(=NCC(=O)Nc1cccnc1)NCC(C)Oc1ccccc1OC. The molecule has 0 spiro atoms. The van der Waals surface area contributed by atoms with Gasteiger partial charge >= 0.3 is 0 Å². The van der Waals surface area contributed by atoms with E-state index in [0.29, 0.717) is 36.2 Å². The maximum Gasteiger partial charge on any atom is 0.246 e. The summed E-state index contributed by atoms with van der Waals surface area (Å²) in [6.45, 7) is 5.08. The van der Waals surface area contributed by atoms with Gasteiger partial charge in [-0.3, -0.25) is 9.78 Å². The van der Waals surface area contributed by atoms with E-state index < -0.39 is 0 Å². The quantitative estimate of drug-likeness (QED) is 0.452. The molecule has 8 nitrogen and oxygen atoms in total. The fourth-order valence-electron chi connectivity index (χ4n) is 2.34. The van der Waals surface area contributed by atoms with Crippen molar-refractivity contribution < 1.29 is 14.3 Å². The van der Waals surface area contributed by atoms with E-state index in [1.165, 1.54) is 0 Å². The van der Waals surface area contributed by atoms with Gasteiger partial charge in [0.15, 0.2) is 17.5 Å². The summed E-state index contributed by atoms with van der Waals surface area (Å²) < 4.78 is 11.2. The minimum atomic E-state index is -0.219. The molecule has 0 saturated carbocycles. The number of carbonyl (C=O) groups is 1. The first-order valence-electron chi connectivity index (χ1n) is 9.14. The number of hydrogen-bond donors (Lipinski definition) is 3. The third kappa shape index (κ3) is 7.14. The van der Waals surface area contributed by atoms with Crippen molar-refractivity contribution in [3.63, 3.8) is 0 Å². The zero-order valence-electron chi connectivity index (χ0n) is 16.4. The van der Waals surface area contributed by atoms with Gasteiger partial charge in [0.1, 0.15) is 12.6 Å². The lowest BCUT2D eigenvalue weighted by Gasteiger charge is -2.19. The third-order valence-corrected chi connectivity index (χ3v) is 3.62. The van der Waals surface area contributed by atoms with Crippen LogP contribution < -0.4 is 25.4 Å². The lowest BCUT2D eigenvalue weighted by molar-refractivity contribution is -0.114. The van der Waals surface area contributed by atoms with Gasteiger partial charge in [-0.25, -0.2) is 4.99 Å². The van der Waals surface area contributed by atoms with E-state index in [1.54, 1.807) is 31.6 Å². The van der Waals surface area contributed by atoms with Crippen molar-refractivity contribution in [2.75, 3.05) is 32.1 Å². The number of para-hydroxylation sites is 2. The Morgan fingerprint density at radius 2 is 1.96 bits per heavy atom. The van der Waals surface area contributed by atoms with Gasteiger partial charge in [0.05, 0.1) is 25.5 Å². The highest BCUT2D eigenvalue weighted by atomic mass is 16.5. The number of carbonyl (C=O) groups excluding carboxylic acids is 1. The highest BCUT2D eigenvalue weighted by molar-refractivity contribution is 5.93. The predicted molar refractivity (Wildman–Crippen MR) is 110 cm³/mol. The Morgan fingerprint density at radius 1 is 1.18 bits per heavy atom. The fourth-order valence-corrected chi connectivity index (χ4v) is 2.34. The number of aliphatic imine (C=N–C) groups is 1. The standard InChI is InChI=1S/C20H27N5O3/c1-4-22-20(24-14-19(26)25-16-8-7-11-21-13-16)23-12-15(2)28-18-10-6-5-9-17(18)27-3/h5-11,13,15H,4,12,14H2,1-3H3,(H,25,26)(H2,22,23,24). The first-order chi connectivity index (χ1) is 13.6. The van der Waals surface area contributed by atoms with Crippen LogP contribution in [0.5, 0.6) is 11.5 Å². The van der Waals surface area contributed by atoms with Crippen LogP contribution in [0.2, 0.25) is 0 Å². The number of rotatable bonds is 9. The molecule has 8 heteroatoms. The smallest absolute Gasteiger partial charge is 0.246 e. The van der Waals surface area contributed by atoms with Gasteiger partial charge in [0, 0.05) is 12.7 Å². The van der Waals surface area contributed by atoms with Crippen molar-refractivity contribution in [1.82, 2.24) is 15.6 Å². The van der Waals surface area contributed by atoms with Crippen LogP contribution >= 0.6 is 0 Å². The number of aromatic nitrogens is 1. The fraction of sp³-hybridized carbons (Fsp3) is 0.350. The molecule has 0 aliphatic carbocycles. The number of benzene rings is 1. The summed E-state index contributed by atoms with van der Waals surface area (Å²) in [4.78, 5) is 20.3. The predicted octanol–water partition coefficient (Wildman–Crippen LogP) is 2.05. The van der Waals surface area contributed by atoms with Crippen molar-refractivity contribution in [2.45, 2.75) is 20.0 Å². The second-order valence-electron chi connectivity index (χ2n) is 5.95. The Bertz CT molecular complexity index is 767. The van der Waals surface area contributed by atoms with Crippen molar-refractivity contribution in [3.05, 3.63) is 48.8 Å². The molecule has 150 valence electrons. The molecule has 0 radical (unpaired) electrons. The van der Waals surface area contributed by atoms with Gasteiger partial charge in [-0.1, -0.05) is 12.1 Å². The average molecular weight is 385 g/mol. The molecule has 1 heterocycles. The van der Waals surface area contributed by atoms with Crippen LogP contribution in [0.15, 0.2) is 53.8 Å². The van der Waals surface area contributed by atoms with Crippen molar-refractivity contribution in [1.29, 1.82) is 0 Å². The number of hydrogen-bond acceptors (Lipinski definition) is 5. The summed E-state index contributed by atoms with van der Waals surface area (Å²) in [7, 11) is 1.61.